The number of nitrogens with two attached hydrogens (primary N) is 1. The Morgan fingerprint density at radius 3 is 2.75 bits per heavy atom. The lowest BCUT2D eigenvalue weighted by molar-refractivity contribution is 0.0782. The molecular formula is C22H21FN6O2S. The molecule has 0 bridgehead atoms. The third-order valence-corrected chi connectivity index (χ3v) is 5.87. The number of amides is 1. The molecular weight excluding hydrogens is 431 g/mol. The van der Waals surface area contributed by atoms with Gasteiger partial charge in [-0.2, -0.15) is 0 Å². The van der Waals surface area contributed by atoms with E-state index >= 15 is 0 Å². The number of halogens is 1. The van der Waals surface area contributed by atoms with Crippen molar-refractivity contribution in [1.29, 1.82) is 0 Å². The smallest absolute Gasteiger partial charge is 0.251 e. The van der Waals surface area contributed by atoms with Crippen LogP contribution < -0.4 is 11.1 Å². The summed E-state index contributed by atoms with van der Waals surface area (Å²) in [5, 5.41) is 21.4. The van der Waals surface area contributed by atoms with Gasteiger partial charge in [-0.25, -0.2) is 14.1 Å². The van der Waals surface area contributed by atoms with E-state index in [0.29, 0.717) is 33.4 Å². The van der Waals surface area contributed by atoms with Crippen molar-refractivity contribution in [2.75, 3.05) is 5.32 Å². The van der Waals surface area contributed by atoms with E-state index in [9.17, 15) is 14.3 Å². The van der Waals surface area contributed by atoms with Crippen LogP contribution in [0.4, 0.5) is 15.2 Å². The Morgan fingerprint density at radius 1 is 1.28 bits per heavy atom. The van der Waals surface area contributed by atoms with E-state index in [1.807, 2.05) is 12.1 Å². The van der Waals surface area contributed by atoms with Gasteiger partial charge in [-0.05, 0) is 43.7 Å². The summed E-state index contributed by atoms with van der Waals surface area (Å²) < 4.78 is 16.4. The summed E-state index contributed by atoms with van der Waals surface area (Å²) in [4.78, 5) is 17.1. The molecule has 4 N–H and O–H groups in total. The van der Waals surface area contributed by atoms with Crippen LogP contribution in [-0.4, -0.2) is 31.0 Å². The zero-order chi connectivity index (χ0) is 22.9. The van der Waals surface area contributed by atoms with Gasteiger partial charge in [0, 0.05) is 16.6 Å². The predicted molar refractivity (Wildman–Crippen MR) is 120 cm³/mol. The number of thiophene rings is 1. The van der Waals surface area contributed by atoms with Gasteiger partial charge in [-0.1, -0.05) is 23.4 Å². The fourth-order valence-corrected chi connectivity index (χ4v) is 4.23. The molecule has 10 heteroatoms. The number of aliphatic hydroxyl groups is 1. The monoisotopic (exact) mass is 452 g/mol. The second-order valence-electron chi connectivity index (χ2n) is 7.71. The summed E-state index contributed by atoms with van der Waals surface area (Å²) in [7, 11) is 0. The first kappa shape index (κ1) is 21.6. The molecule has 1 aromatic carbocycles. The van der Waals surface area contributed by atoms with E-state index in [0.717, 1.165) is 5.69 Å². The minimum Gasteiger partial charge on any atom is -0.386 e. The fourth-order valence-electron chi connectivity index (χ4n) is 3.13. The van der Waals surface area contributed by atoms with E-state index in [2.05, 4.69) is 20.6 Å². The van der Waals surface area contributed by atoms with E-state index in [-0.39, 0.29) is 5.56 Å². The number of primary amides is 1. The molecule has 0 saturated carbocycles. The fraction of sp³-hybridized carbons (Fsp3) is 0.182. The maximum Gasteiger partial charge on any atom is 0.251 e. The highest BCUT2D eigenvalue weighted by Gasteiger charge is 2.21. The highest BCUT2D eigenvalue weighted by atomic mass is 32.1. The maximum absolute atomic E-state index is 14.8. The first-order valence-electron chi connectivity index (χ1n) is 9.74. The van der Waals surface area contributed by atoms with Crippen LogP contribution in [0.2, 0.25) is 0 Å². The number of anilines is 2. The van der Waals surface area contributed by atoms with Gasteiger partial charge in [0.1, 0.15) is 16.6 Å². The molecule has 164 valence electrons. The molecule has 32 heavy (non-hydrogen) atoms. The highest BCUT2D eigenvalue weighted by molar-refractivity contribution is 7.19. The van der Waals surface area contributed by atoms with Crippen molar-refractivity contribution in [2.45, 2.75) is 26.0 Å². The van der Waals surface area contributed by atoms with E-state index in [1.165, 1.54) is 17.4 Å². The van der Waals surface area contributed by atoms with Crippen LogP contribution in [0.5, 0.6) is 0 Å². The van der Waals surface area contributed by atoms with Crippen molar-refractivity contribution in [3.05, 3.63) is 77.5 Å². The van der Waals surface area contributed by atoms with E-state index in [4.69, 9.17) is 5.73 Å². The van der Waals surface area contributed by atoms with Crippen LogP contribution in [0.15, 0.2) is 54.9 Å². The summed E-state index contributed by atoms with van der Waals surface area (Å²) in [5.41, 5.74) is 6.14. The Hall–Kier alpha value is -3.63. The number of hydrogen-bond acceptors (Lipinski definition) is 7. The zero-order valence-corrected chi connectivity index (χ0v) is 18.2. The van der Waals surface area contributed by atoms with Crippen molar-refractivity contribution in [2.24, 2.45) is 5.73 Å². The molecule has 8 nitrogen and oxygen atoms in total. The molecule has 0 saturated heterocycles. The number of aromatic nitrogens is 4. The number of rotatable bonds is 7. The summed E-state index contributed by atoms with van der Waals surface area (Å²) >= 11 is 1.19. The third-order valence-electron chi connectivity index (χ3n) is 4.78. The highest BCUT2D eigenvalue weighted by Crippen LogP contribution is 2.38. The Labute approximate surface area is 187 Å². The molecule has 3 aromatic heterocycles. The van der Waals surface area contributed by atoms with Crippen LogP contribution in [0.1, 0.15) is 35.5 Å². The Morgan fingerprint density at radius 2 is 2.09 bits per heavy atom. The number of carbonyl (C=O) groups excluding carboxylic acids is 1. The number of benzene rings is 1. The largest absolute Gasteiger partial charge is 0.386 e. The number of nitrogens with one attached hydrogen (secondary N) is 1. The maximum atomic E-state index is 14.8. The third kappa shape index (κ3) is 4.66. The molecule has 0 aliphatic rings. The normalized spacial score (nSPS) is 11.5. The average molecular weight is 453 g/mol. The molecule has 0 radical (unpaired) electrons. The molecule has 0 atom stereocenters. The lowest BCUT2D eigenvalue weighted by Crippen LogP contribution is -2.15. The van der Waals surface area contributed by atoms with Gasteiger partial charge in [-0.15, -0.1) is 16.4 Å². The van der Waals surface area contributed by atoms with Gasteiger partial charge in [0.15, 0.2) is 0 Å². The Bertz CT molecular complexity index is 1260. The molecule has 1 amide bonds. The van der Waals surface area contributed by atoms with Crippen molar-refractivity contribution >= 4 is 28.1 Å². The van der Waals surface area contributed by atoms with Gasteiger partial charge in [0.05, 0.1) is 29.6 Å². The van der Waals surface area contributed by atoms with Crippen LogP contribution in [0, 0.1) is 5.82 Å². The van der Waals surface area contributed by atoms with Gasteiger partial charge < -0.3 is 16.2 Å². The predicted octanol–water partition coefficient (Wildman–Crippen LogP) is 3.66. The first-order chi connectivity index (χ1) is 15.2. The summed E-state index contributed by atoms with van der Waals surface area (Å²) in [6, 6.07) is 11.5. The quantitative estimate of drug-likeness (QED) is 0.394. The molecule has 0 fully saturated rings. The van der Waals surface area contributed by atoms with Crippen molar-refractivity contribution in [1.82, 2.24) is 20.0 Å². The second kappa shape index (κ2) is 8.48. The van der Waals surface area contributed by atoms with Gasteiger partial charge in [0.2, 0.25) is 0 Å². The molecule has 4 aromatic rings. The van der Waals surface area contributed by atoms with Crippen molar-refractivity contribution in [3.63, 3.8) is 0 Å². The van der Waals surface area contributed by atoms with Crippen LogP contribution in [0.25, 0.3) is 10.4 Å². The number of hydrogen-bond donors (Lipinski definition) is 3. The number of nitrogens with zero attached hydrogens (tertiary/aromatic N) is 4. The lowest BCUT2D eigenvalue weighted by atomic mass is 9.96. The molecule has 0 aliphatic carbocycles. The van der Waals surface area contributed by atoms with Crippen LogP contribution in [-0.2, 0) is 12.1 Å². The minimum atomic E-state index is -1.16. The Kier molecular flexibility index (Phi) is 5.72. The molecule has 4 rings (SSSR count). The number of pyridine rings is 1. The summed E-state index contributed by atoms with van der Waals surface area (Å²) in [6.07, 6.45) is 3.32. The first-order valence-corrected chi connectivity index (χ1v) is 10.6. The summed E-state index contributed by atoms with van der Waals surface area (Å²) in [6.45, 7) is 3.61. The minimum absolute atomic E-state index is 0.236. The summed E-state index contributed by atoms with van der Waals surface area (Å²) in [5.74, 6) is -0.625. The number of carbonyl (C=O) groups is 1. The van der Waals surface area contributed by atoms with Gasteiger partial charge >= 0.3 is 0 Å². The topological polar surface area (TPSA) is 119 Å². The van der Waals surface area contributed by atoms with Crippen LogP contribution >= 0.6 is 11.3 Å². The van der Waals surface area contributed by atoms with E-state index < -0.39 is 17.3 Å². The Balaban J connectivity index is 1.64. The molecule has 0 spiro atoms. The lowest BCUT2D eigenvalue weighted by Gasteiger charge is -2.18. The SMILES string of the molecule is CC(C)(O)c1ccc(-c2cc(C(N)=O)c(Nc3cccc(Cn4ccnn4)n3)s2)c(F)c1. The van der Waals surface area contributed by atoms with E-state index in [1.54, 1.807) is 55.2 Å². The zero-order valence-electron chi connectivity index (χ0n) is 17.4. The molecule has 0 unspecified atom stereocenters. The van der Waals surface area contributed by atoms with Crippen molar-refractivity contribution < 1.29 is 14.3 Å². The molecule has 3 heterocycles. The standard InChI is InChI=1S/C22H21FN6O2S/c1-22(2,31)13-6-7-15(17(23)10-13)18-11-16(20(24)30)21(32-18)27-19-5-3-4-14(26-19)12-29-9-8-25-28-29/h3-11,31H,12H2,1-2H3,(H2,24,30)(H,26,27). The average Bonchev–Trinajstić information content (AvgIpc) is 3.37. The van der Waals surface area contributed by atoms with Gasteiger partial charge in [-0.3, -0.25) is 4.79 Å². The second-order valence-corrected chi connectivity index (χ2v) is 8.76. The van der Waals surface area contributed by atoms with Gasteiger partial charge in [0.25, 0.3) is 5.91 Å². The van der Waals surface area contributed by atoms with Crippen molar-refractivity contribution in [3.8, 4) is 10.4 Å². The van der Waals surface area contributed by atoms with Crippen LogP contribution in [0.3, 0.4) is 0 Å². The molecule has 0 aliphatic heterocycles.